The molecule has 0 aromatic carbocycles. The Labute approximate surface area is 279 Å². The number of aliphatic hydroxyl groups is 4. The van der Waals surface area contributed by atoms with E-state index in [0.29, 0.717) is 12.8 Å². The quantitative estimate of drug-likeness (QED) is 0.0438. The van der Waals surface area contributed by atoms with Gasteiger partial charge in [-0.25, -0.2) is 0 Å². The van der Waals surface area contributed by atoms with Gasteiger partial charge in [-0.2, -0.15) is 0 Å². The standard InChI is InChI=1S/C39H79NO5/c1-3-5-7-9-11-13-15-17-18-19-20-21-23-25-27-29-31-33-37(43)39(45)40-35(34-41)38(44)36(42)32-30-28-26-24-22-16-14-12-10-8-6-4-2/h35-38,41-44H,3-34H2,1-2H3,(H,40,45). The van der Waals surface area contributed by atoms with Gasteiger partial charge in [-0.15, -0.1) is 0 Å². The summed E-state index contributed by atoms with van der Waals surface area (Å²) < 4.78 is 0. The van der Waals surface area contributed by atoms with Crippen molar-refractivity contribution in [2.45, 2.75) is 237 Å². The molecule has 0 fully saturated rings. The Morgan fingerprint density at radius 3 is 1.07 bits per heavy atom. The van der Waals surface area contributed by atoms with Gasteiger partial charge in [0.1, 0.15) is 12.2 Å². The van der Waals surface area contributed by atoms with Crippen molar-refractivity contribution >= 4 is 5.91 Å². The van der Waals surface area contributed by atoms with Crippen molar-refractivity contribution in [3.05, 3.63) is 0 Å². The van der Waals surface area contributed by atoms with Gasteiger partial charge >= 0.3 is 0 Å². The van der Waals surface area contributed by atoms with Crippen LogP contribution < -0.4 is 5.32 Å². The molecule has 270 valence electrons. The smallest absolute Gasteiger partial charge is 0.249 e. The number of nitrogens with one attached hydrogen (secondary N) is 1. The third-order valence-corrected chi connectivity index (χ3v) is 9.57. The maximum Gasteiger partial charge on any atom is 0.249 e. The van der Waals surface area contributed by atoms with E-state index in [9.17, 15) is 25.2 Å². The highest BCUT2D eigenvalue weighted by Crippen LogP contribution is 2.16. The predicted molar refractivity (Wildman–Crippen MR) is 192 cm³/mol. The topological polar surface area (TPSA) is 110 Å². The molecule has 4 unspecified atom stereocenters. The van der Waals surface area contributed by atoms with Crippen molar-refractivity contribution in [2.75, 3.05) is 6.61 Å². The second kappa shape index (κ2) is 34.6. The summed E-state index contributed by atoms with van der Waals surface area (Å²) in [6, 6.07) is -0.977. The average Bonchev–Trinajstić information content (AvgIpc) is 3.04. The molecule has 4 atom stereocenters. The van der Waals surface area contributed by atoms with Crippen LogP contribution >= 0.6 is 0 Å². The van der Waals surface area contributed by atoms with Gasteiger partial charge in [0.2, 0.25) is 5.91 Å². The Hall–Kier alpha value is -0.690. The van der Waals surface area contributed by atoms with Gasteiger partial charge in [0.05, 0.1) is 18.8 Å². The van der Waals surface area contributed by atoms with Crippen LogP contribution in [0.4, 0.5) is 0 Å². The zero-order valence-electron chi connectivity index (χ0n) is 30.1. The molecular formula is C39H79NO5. The van der Waals surface area contributed by atoms with E-state index < -0.39 is 36.9 Å². The van der Waals surface area contributed by atoms with Gasteiger partial charge < -0.3 is 25.7 Å². The molecule has 0 bridgehead atoms. The molecule has 0 aliphatic carbocycles. The van der Waals surface area contributed by atoms with Crippen LogP contribution in [0.5, 0.6) is 0 Å². The van der Waals surface area contributed by atoms with E-state index in [1.54, 1.807) is 0 Å². The fourth-order valence-electron chi connectivity index (χ4n) is 6.34. The van der Waals surface area contributed by atoms with E-state index in [1.807, 2.05) is 0 Å². The number of unbranched alkanes of at least 4 members (excludes halogenated alkanes) is 27. The lowest BCUT2D eigenvalue weighted by atomic mass is 9.99. The molecule has 0 aliphatic heterocycles. The summed E-state index contributed by atoms with van der Waals surface area (Å²) >= 11 is 0. The van der Waals surface area contributed by atoms with Crippen molar-refractivity contribution < 1.29 is 25.2 Å². The number of hydrogen-bond donors (Lipinski definition) is 5. The Kier molecular flexibility index (Phi) is 34.1. The second-order valence-electron chi connectivity index (χ2n) is 14.0. The third-order valence-electron chi connectivity index (χ3n) is 9.57. The van der Waals surface area contributed by atoms with Crippen molar-refractivity contribution in [2.24, 2.45) is 0 Å². The lowest BCUT2D eigenvalue weighted by Crippen LogP contribution is -2.53. The lowest BCUT2D eigenvalue weighted by molar-refractivity contribution is -0.132. The van der Waals surface area contributed by atoms with Crippen LogP contribution in [-0.2, 0) is 4.79 Å². The Bertz CT molecular complexity index is 604. The first kappa shape index (κ1) is 44.3. The normalized spacial score (nSPS) is 14.4. The molecule has 0 aliphatic rings. The summed E-state index contributed by atoms with van der Waals surface area (Å²) in [6.45, 7) is 4.04. The first-order chi connectivity index (χ1) is 22.0. The highest BCUT2D eigenvalue weighted by molar-refractivity contribution is 5.80. The minimum absolute atomic E-state index is 0.375. The van der Waals surface area contributed by atoms with E-state index >= 15 is 0 Å². The summed E-state index contributed by atoms with van der Waals surface area (Å²) in [5.41, 5.74) is 0. The summed E-state index contributed by atoms with van der Waals surface area (Å²) in [7, 11) is 0. The monoisotopic (exact) mass is 642 g/mol. The molecule has 1 amide bonds. The first-order valence-electron chi connectivity index (χ1n) is 19.9. The van der Waals surface area contributed by atoms with Crippen LogP contribution in [0.2, 0.25) is 0 Å². The van der Waals surface area contributed by atoms with Gasteiger partial charge in [-0.1, -0.05) is 200 Å². The van der Waals surface area contributed by atoms with Crippen molar-refractivity contribution in [3.8, 4) is 0 Å². The molecule has 0 saturated carbocycles. The van der Waals surface area contributed by atoms with Gasteiger partial charge in [-0.3, -0.25) is 4.79 Å². The summed E-state index contributed by atoms with van der Waals surface area (Å²) in [5.74, 6) is -0.581. The molecule has 0 spiro atoms. The Balaban J connectivity index is 3.74. The van der Waals surface area contributed by atoms with Crippen molar-refractivity contribution in [1.82, 2.24) is 5.32 Å². The molecule has 0 heterocycles. The largest absolute Gasteiger partial charge is 0.394 e. The number of hydrogen-bond acceptors (Lipinski definition) is 5. The Morgan fingerprint density at radius 2 is 0.756 bits per heavy atom. The molecule has 6 heteroatoms. The maximum atomic E-state index is 12.5. The number of rotatable bonds is 36. The lowest BCUT2D eigenvalue weighted by Gasteiger charge is -2.27. The van der Waals surface area contributed by atoms with E-state index in [1.165, 1.54) is 148 Å². The van der Waals surface area contributed by atoms with Crippen LogP contribution in [0.1, 0.15) is 213 Å². The third kappa shape index (κ3) is 29.2. The summed E-state index contributed by atoms with van der Waals surface area (Å²) in [4.78, 5) is 12.5. The fourth-order valence-corrected chi connectivity index (χ4v) is 6.34. The van der Waals surface area contributed by atoms with E-state index in [2.05, 4.69) is 19.2 Å². The zero-order chi connectivity index (χ0) is 33.2. The molecule has 0 rings (SSSR count). The first-order valence-corrected chi connectivity index (χ1v) is 19.9. The van der Waals surface area contributed by atoms with Crippen LogP contribution in [0, 0.1) is 0 Å². The van der Waals surface area contributed by atoms with Crippen LogP contribution in [-0.4, -0.2) is 57.3 Å². The molecule has 5 N–H and O–H groups in total. The fraction of sp³-hybridized carbons (Fsp3) is 0.974. The average molecular weight is 642 g/mol. The summed E-state index contributed by atoms with van der Waals surface area (Å²) in [6.07, 6.45) is 34.1. The van der Waals surface area contributed by atoms with Gasteiger partial charge in [0.15, 0.2) is 0 Å². The second-order valence-corrected chi connectivity index (χ2v) is 14.0. The minimum Gasteiger partial charge on any atom is -0.394 e. The minimum atomic E-state index is -1.25. The predicted octanol–water partition coefficient (Wildman–Crippen LogP) is 9.68. The van der Waals surface area contributed by atoms with E-state index in [4.69, 9.17) is 0 Å². The number of carbonyl (C=O) groups is 1. The summed E-state index contributed by atoms with van der Waals surface area (Å²) in [5, 5.41) is 43.5. The van der Waals surface area contributed by atoms with Crippen LogP contribution in [0.3, 0.4) is 0 Å². The zero-order valence-corrected chi connectivity index (χ0v) is 30.1. The van der Waals surface area contributed by atoms with Gasteiger partial charge in [0, 0.05) is 0 Å². The highest BCUT2D eigenvalue weighted by Gasteiger charge is 2.28. The van der Waals surface area contributed by atoms with Crippen LogP contribution in [0.25, 0.3) is 0 Å². The maximum absolute atomic E-state index is 12.5. The van der Waals surface area contributed by atoms with Crippen molar-refractivity contribution in [1.29, 1.82) is 0 Å². The molecule has 0 aromatic heterocycles. The number of aliphatic hydroxyl groups excluding tert-OH is 4. The van der Waals surface area contributed by atoms with Gasteiger partial charge in [-0.05, 0) is 12.8 Å². The molecule has 0 saturated heterocycles. The van der Waals surface area contributed by atoms with Crippen LogP contribution in [0.15, 0.2) is 0 Å². The highest BCUT2D eigenvalue weighted by atomic mass is 16.3. The number of carbonyl (C=O) groups excluding carboxylic acids is 1. The molecule has 0 radical (unpaired) electrons. The molecular weight excluding hydrogens is 562 g/mol. The molecule has 45 heavy (non-hydrogen) atoms. The SMILES string of the molecule is CCCCCCCCCCCCCCCCCCCC(O)C(=O)NC(CO)C(O)C(O)CCCCCCCCCCCCCC. The van der Waals surface area contributed by atoms with Crippen molar-refractivity contribution in [3.63, 3.8) is 0 Å². The Morgan fingerprint density at radius 1 is 0.467 bits per heavy atom. The van der Waals surface area contributed by atoms with Gasteiger partial charge in [0.25, 0.3) is 0 Å². The number of amides is 1. The molecule has 0 aromatic rings. The van der Waals surface area contributed by atoms with E-state index in [0.717, 1.165) is 38.5 Å². The molecule has 6 nitrogen and oxygen atoms in total. The van der Waals surface area contributed by atoms with E-state index in [-0.39, 0.29) is 0 Å².